The summed E-state index contributed by atoms with van der Waals surface area (Å²) in [5.74, 6) is -1.42. The van der Waals surface area contributed by atoms with Crippen LogP contribution in [0.2, 0.25) is 0 Å². The lowest BCUT2D eigenvalue weighted by Gasteiger charge is -2.40. The second-order valence-electron chi connectivity index (χ2n) is 5.94. The van der Waals surface area contributed by atoms with Gasteiger partial charge < -0.3 is 19.7 Å². The van der Waals surface area contributed by atoms with Crippen LogP contribution >= 0.6 is 0 Å². The lowest BCUT2D eigenvalue weighted by molar-refractivity contribution is 0.0366. The highest BCUT2D eigenvalue weighted by molar-refractivity contribution is 5.84. The Hall–Kier alpha value is -2.05. The van der Waals surface area contributed by atoms with Crippen molar-refractivity contribution < 1.29 is 24.0 Å². The van der Waals surface area contributed by atoms with Gasteiger partial charge in [-0.1, -0.05) is 5.16 Å². The van der Waals surface area contributed by atoms with Crippen LogP contribution in [0.3, 0.4) is 0 Å². The number of carbonyl (C=O) groups is 2. The highest BCUT2D eigenvalue weighted by Gasteiger charge is 2.44. The number of rotatable bonds is 3. The minimum absolute atomic E-state index is 0.239. The third kappa shape index (κ3) is 2.92. The first-order chi connectivity index (χ1) is 9.22. The first kappa shape index (κ1) is 14.4. The van der Waals surface area contributed by atoms with Crippen LogP contribution in [0.1, 0.15) is 56.3 Å². The monoisotopic (exact) mass is 282 g/mol. The number of carboxylic acids is 1. The predicted octanol–water partition coefficient (Wildman–Crippen LogP) is 2.28. The van der Waals surface area contributed by atoms with Crippen LogP contribution < -0.4 is 5.32 Å². The van der Waals surface area contributed by atoms with Gasteiger partial charge in [-0.2, -0.15) is 0 Å². The Morgan fingerprint density at radius 3 is 2.50 bits per heavy atom. The molecule has 0 atom stereocenters. The van der Waals surface area contributed by atoms with Gasteiger partial charge in [0.1, 0.15) is 11.3 Å². The van der Waals surface area contributed by atoms with E-state index in [1.807, 2.05) is 0 Å². The molecule has 0 unspecified atom stereocenters. The summed E-state index contributed by atoms with van der Waals surface area (Å²) in [6, 6.07) is 1.35. The van der Waals surface area contributed by atoms with Gasteiger partial charge >= 0.3 is 12.1 Å². The molecule has 2 N–H and O–H groups in total. The van der Waals surface area contributed by atoms with Crippen molar-refractivity contribution in [3.8, 4) is 0 Å². The number of aromatic carboxylic acids is 1. The van der Waals surface area contributed by atoms with Gasteiger partial charge in [-0.05, 0) is 40.0 Å². The molecule has 1 fully saturated rings. The molecule has 2 rings (SSSR count). The summed E-state index contributed by atoms with van der Waals surface area (Å²) in [6.45, 7) is 5.33. The van der Waals surface area contributed by atoms with Gasteiger partial charge in [-0.15, -0.1) is 0 Å². The first-order valence-electron chi connectivity index (χ1n) is 6.43. The van der Waals surface area contributed by atoms with Gasteiger partial charge in [0.25, 0.3) is 0 Å². The number of nitrogens with zero attached hydrogens (tertiary/aromatic N) is 1. The van der Waals surface area contributed by atoms with E-state index < -0.39 is 23.2 Å². The van der Waals surface area contributed by atoms with E-state index in [4.69, 9.17) is 14.4 Å². The molecule has 0 aliphatic heterocycles. The Balaban J connectivity index is 2.13. The molecule has 110 valence electrons. The summed E-state index contributed by atoms with van der Waals surface area (Å²) < 4.78 is 9.97. The van der Waals surface area contributed by atoms with Crippen molar-refractivity contribution in [1.82, 2.24) is 10.5 Å². The van der Waals surface area contributed by atoms with Crippen LogP contribution in [0.5, 0.6) is 0 Å². The van der Waals surface area contributed by atoms with Gasteiger partial charge in [0.05, 0.1) is 5.54 Å². The fourth-order valence-corrected chi connectivity index (χ4v) is 2.08. The predicted molar refractivity (Wildman–Crippen MR) is 68.4 cm³/mol. The zero-order valence-electron chi connectivity index (χ0n) is 11.7. The highest BCUT2D eigenvalue weighted by atomic mass is 16.6. The molecule has 0 aromatic carbocycles. The van der Waals surface area contributed by atoms with Crippen molar-refractivity contribution >= 4 is 12.1 Å². The van der Waals surface area contributed by atoms with E-state index in [9.17, 15) is 9.59 Å². The maximum absolute atomic E-state index is 11.9. The largest absolute Gasteiger partial charge is 0.475 e. The number of aromatic nitrogens is 1. The number of amides is 1. The summed E-state index contributed by atoms with van der Waals surface area (Å²) in [6.07, 6.45) is 1.73. The smallest absolute Gasteiger partial charge is 0.408 e. The van der Waals surface area contributed by atoms with E-state index in [2.05, 4.69) is 10.5 Å². The van der Waals surface area contributed by atoms with E-state index in [0.29, 0.717) is 18.5 Å². The molecule has 1 aromatic rings. The van der Waals surface area contributed by atoms with Crippen molar-refractivity contribution in [1.29, 1.82) is 0 Å². The molecule has 1 aliphatic carbocycles. The van der Waals surface area contributed by atoms with Crippen molar-refractivity contribution in [2.75, 3.05) is 0 Å². The van der Waals surface area contributed by atoms with Gasteiger partial charge in [-0.25, -0.2) is 9.59 Å². The number of ether oxygens (including phenoxy) is 1. The van der Waals surface area contributed by atoms with Crippen LogP contribution in [0.15, 0.2) is 10.6 Å². The molecule has 1 heterocycles. The lowest BCUT2D eigenvalue weighted by Crippen LogP contribution is -2.52. The topological polar surface area (TPSA) is 102 Å². The fraction of sp³-hybridized carbons (Fsp3) is 0.615. The second-order valence-corrected chi connectivity index (χ2v) is 5.94. The maximum atomic E-state index is 11.9. The highest BCUT2D eigenvalue weighted by Crippen LogP contribution is 2.41. The molecule has 1 saturated carbocycles. The molecule has 0 saturated heterocycles. The Morgan fingerprint density at radius 2 is 2.10 bits per heavy atom. The van der Waals surface area contributed by atoms with E-state index in [0.717, 1.165) is 6.42 Å². The van der Waals surface area contributed by atoms with Gasteiger partial charge in [0.2, 0.25) is 5.76 Å². The van der Waals surface area contributed by atoms with Gasteiger partial charge in [0, 0.05) is 6.07 Å². The quantitative estimate of drug-likeness (QED) is 0.881. The normalized spacial score (nSPS) is 17.1. The Kier molecular flexibility index (Phi) is 3.45. The van der Waals surface area contributed by atoms with Crippen molar-refractivity contribution in [2.45, 2.75) is 51.2 Å². The van der Waals surface area contributed by atoms with Crippen molar-refractivity contribution in [2.24, 2.45) is 0 Å². The molecule has 7 nitrogen and oxygen atoms in total. The van der Waals surface area contributed by atoms with Crippen molar-refractivity contribution in [3.05, 3.63) is 17.5 Å². The molecule has 1 aromatic heterocycles. The minimum atomic E-state index is -1.18. The van der Waals surface area contributed by atoms with Crippen LogP contribution in [0.25, 0.3) is 0 Å². The molecule has 0 bridgehead atoms. The van der Waals surface area contributed by atoms with E-state index in [1.165, 1.54) is 6.07 Å². The summed E-state index contributed by atoms with van der Waals surface area (Å²) >= 11 is 0. The Morgan fingerprint density at radius 1 is 1.45 bits per heavy atom. The molecular formula is C13H18N2O5. The summed E-state index contributed by atoms with van der Waals surface area (Å²) in [4.78, 5) is 22.7. The van der Waals surface area contributed by atoms with Gasteiger partial charge in [-0.3, -0.25) is 0 Å². The van der Waals surface area contributed by atoms with Crippen LogP contribution in [0.4, 0.5) is 4.79 Å². The van der Waals surface area contributed by atoms with E-state index >= 15 is 0 Å². The molecule has 1 amide bonds. The number of hydrogen-bond donors (Lipinski definition) is 2. The molecular weight excluding hydrogens is 264 g/mol. The second kappa shape index (κ2) is 4.81. The number of hydrogen-bond acceptors (Lipinski definition) is 5. The molecule has 7 heteroatoms. The standard InChI is InChI=1S/C13H18N2O5/c1-12(2,3)19-11(18)14-13(5-4-6-13)9-7-8(10(16)17)20-15-9/h7H,4-6H2,1-3H3,(H,14,18)(H,16,17). The first-order valence-corrected chi connectivity index (χ1v) is 6.43. The summed E-state index contributed by atoms with van der Waals surface area (Å²) in [7, 11) is 0. The lowest BCUT2D eigenvalue weighted by atomic mass is 9.74. The summed E-state index contributed by atoms with van der Waals surface area (Å²) in [5, 5.41) is 15.4. The average molecular weight is 282 g/mol. The number of alkyl carbamates (subject to hydrolysis) is 1. The minimum Gasteiger partial charge on any atom is -0.475 e. The number of carboxylic acid groups (broad SMARTS) is 1. The molecule has 20 heavy (non-hydrogen) atoms. The SMILES string of the molecule is CC(C)(C)OC(=O)NC1(c2cc(C(=O)O)on2)CCC1. The zero-order chi connectivity index (χ0) is 15.0. The third-order valence-corrected chi connectivity index (χ3v) is 3.16. The van der Waals surface area contributed by atoms with Crippen LogP contribution in [-0.4, -0.2) is 27.9 Å². The van der Waals surface area contributed by atoms with E-state index in [1.54, 1.807) is 20.8 Å². The average Bonchev–Trinajstić information content (AvgIpc) is 2.70. The Labute approximate surface area is 116 Å². The fourth-order valence-electron chi connectivity index (χ4n) is 2.08. The molecule has 0 spiro atoms. The Bertz CT molecular complexity index is 525. The number of carbonyl (C=O) groups excluding carboxylic acids is 1. The summed E-state index contributed by atoms with van der Waals surface area (Å²) in [5.41, 5.74) is -0.850. The molecule has 1 aliphatic rings. The van der Waals surface area contributed by atoms with Crippen molar-refractivity contribution in [3.63, 3.8) is 0 Å². The van der Waals surface area contributed by atoms with Crippen LogP contribution in [-0.2, 0) is 10.3 Å². The zero-order valence-corrected chi connectivity index (χ0v) is 11.7. The van der Waals surface area contributed by atoms with E-state index in [-0.39, 0.29) is 5.76 Å². The van der Waals surface area contributed by atoms with Gasteiger partial charge in [0.15, 0.2) is 0 Å². The third-order valence-electron chi connectivity index (χ3n) is 3.16. The maximum Gasteiger partial charge on any atom is 0.408 e. The molecule has 0 radical (unpaired) electrons. The van der Waals surface area contributed by atoms with Crippen LogP contribution in [0, 0.1) is 0 Å². The number of nitrogens with one attached hydrogen (secondary N) is 1.